The van der Waals surface area contributed by atoms with Crippen molar-refractivity contribution in [2.45, 2.75) is 19.4 Å². The normalized spacial score (nSPS) is 11.8. The number of nitrogens with one attached hydrogen (secondary N) is 1. The van der Waals surface area contributed by atoms with Crippen LogP contribution in [0.25, 0.3) is 10.9 Å². The van der Waals surface area contributed by atoms with Crippen LogP contribution >= 0.6 is 0 Å². The molecule has 28 heavy (non-hydrogen) atoms. The average Bonchev–Trinajstić information content (AvgIpc) is 2.72. The third kappa shape index (κ3) is 3.57. The van der Waals surface area contributed by atoms with E-state index in [-0.39, 0.29) is 40.2 Å². The number of aromatic hydroxyl groups is 1. The quantitative estimate of drug-likeness (QED) is 0.499. The summed E-state index contributed by atoms with van der Waals surface area (Å²) in [5.41, 5.74) is 0.753. The van der Waals surface area contributed by atoms with Crippen LogP contribution in [0.3, 0.4) is 0 Å². The number of carbonyl (C=O) groups excluding carboxylic acids is 1. The first kappa shape index (κ1) is 19.1. The third-order valence-corrected chi connectivity index (χ3v) is 4.46. The van der Waals surface area contributed by atoms with Gasteiger partial charge in [0.15, 0.2) is 0 Å². The van der Waals surface area contributed by atoms with Gasteiger partial charge < -0.3 is 15.2 Å². The fraction of sp³-hybridized carbons (Fsp3) is 0.200. The lowest BCUT2D eigenvalue weighted by Gasteiger charge is -2.21. The molecule has 0 saturated carbocycles. The van der Waals surface area contributed by atoms with E-state index >= 15 is 0 Å². The van der Waals surface area contributed by atoms with Gasteiger partial charge in [0.1, 0.15) is 17.0 Å². The Balaban J connectivity index is 2.23. The highest BCUT2D eigenvalue weighted by molar-refractivity contribution is 5.94. The van der Waals surface area contributed by atoms with Crippen molar-refractivity contribution < 1.29 is 19.6 Å². The SMILES string of the molecule is CCC(=O)N[C@@H](c1ccc(OC)cc1)c1cc([N+](=O)[O-])c2cccnc2c1O. The highest BCUT2D eigenvalue weighted by Gasteiger charge is 2.26. The highest BCUT2D eigenvalue weighted by atomic mass is 16.6. The van der Waals surface area contributed by atoms with Crippen molar-refractivity contribution in [1.29, 1.82) is 0 Å². The fourth-order valence-electron chi connectivity index (χ4n) is 3.00. The molecule has 0 saturated heterocycles. The minimum atomic E-state index is -0.788. The second kappa shape index (κ2) is 7.91. The van der Waals surface area contributed by atoms with Gasteiger partial charge in [-0.2, -0.15) is 0 Å². The number of amides is 1. The lowest BCUT2D eigenvalue weighted by atomic mass is 9.95. The molecule has 3 aromatic rings. The molecule has 0 aliphatic heterocycles. The fourth-order valence-corrected chi connectivity index (χ4v) is 3.00. The highest BCUT2D eigenvalue weighted by Crippen LogP contribution is 2.39. The first-order chi connectivity index (χ1) is 13.5. The van der Waals surface area contributed by atoms with E-state index < -0.39 is 11.0 Å². The number of ether oxygens (including phenoxy) is 1. The number of pyridine rings is 1. The number of rotatable bonds is 6. The molecule has 1 atom stereocenters. The zero-order valence-corrected chi connectivity index (χ0v) is 15.4. The summed E-state index contributed by atoms with van der Waals surface area (Å²) in [4.78, 5) is 27.3. The lowest BCUT2D eigenvalue weighted by Crippen LogP contribution is -2.28. The van der Waals surface area contributed by atoms with Gasteiger partial charge in [-0.15, -0.1) is 0 Å². The maximum absolute atomic E-state index is 12.1. The molecule has 8 nitrogen and oxygen atoms in total. The summed E-state index contributed by atoms with van der Waals surface area (Å²) >= 11 is 0. The van der Waals surface area contributed by atoms with Gasteiger partial charge in [-0.1, -0.05) is 19.1 Å². The van der Waals surface area contributed by atoms with E-state index in [2.05, 4.69) is 10.3 Å². The predicted octanol–water partition coefficient (Wildman–Crippen LogP) is 3.47. The van der Waals surface area contributed by atoms with Crippen molar-refractivity contribution in [3.8, 4) is 11.5 Å². The summed E-state index contributed by atoms with van der Waals surface area (Å²) in [6.07, 6.45) is 1.67. The molecule has 0 bridgehead atoms. The molecule has 2 aromatic carbocycles. The molecule has 0 aliphatic rings. The maximum Gasteiger partial charge on any atom is 0.279 e. The van der Waals surface area contributed by atoms with Crippen LogP contribution in [0.2, 0.25) is 0 Å². The number of non-ortho nitro benzene ring substituents is 1. The van der Waals surface area contributed by atoms with Gasteiger partial charge in [0.2, 0.25) is 5.91 Å². The number of nitrogens with zero attached hydrogens (tertiary/aromatic N) is 2. The number of hydrogen-bond donors (Lipinski definition) is 2. The summed E-state index contributed by atoms with van der Waals surface area (Å²) in [5, 5.41) is 25.4. The third-order valence-electron chi connectivity index (χ3n) is 4.46. The molecule has 0 unspecified atom stereocenters. The molecule has 144 valence electrons. The summed E-state index contributed by atoms with van der Waals surface area (Å²) in [7, 11) is 1.54. The van der Waals surface area contributed by atoms with Crippen LogP contribution in [-0.2, 0) is 4.79 Å². The number of carbonyl (C=O) groups is 1. The number of hydrogen-bond acceptors (Lipinski definition) is 6. The largest absolute Gasteiger partial charge is 0.505 e. The first-order valence-corrected chi connectivity index (χ1v) is 8.64. The van der Waals surface area contributed by atoms with Crippen LogP contribution < -0.4 is 10.1 Å². The van der Waals surface area contributed by atoms with Crippen LogP contribution in [-0.4, -0.2) is 28.0 Å². The summed E-state index contributed by atoms with van der Waals surface area (Å²) in [5.74, 6) is 0.155. The van der Waals surface area contributed by atoms with E-state index in [1.165, 1.54) is 25.4 Å². The Labute approximate surface area is 160 Å². The van der Waals surface area contributed by atoms with E-state index in [0.717, 1.165) is 0 Å². The van der Waals surface area contributed by atoms with Gasteiger partial charge >= 0.3 is 0 Å². The number of phenolic OH excluding ortho intramolecular Hbond substituents is 1. The number of nitro groups is 1. The van der Waals surface area contributed by atoms with Crippen LogP contribution in [0.1, 0.15) is 30.5 Å². The minimum Gasteiger partial charge on any atom is -0.505 e. The van der Waals surface area contributed by atoms with E-state index in [4.69, 9.17) is 4.74 Å². The Bertz CT molecular complexity index is 1030. The zero-order chi connectivity index (χ0) is 20.3. The van der Waals surface area contributed by atoms with Gasteiger partial charge in [0, 0.05) is 24.2 Å². The molecular weight excluding hydrogens is 362 g/mol. The van der Waals surface area contributed by atoms with Crippen molar-refractivity contribution in [2.24, 2.45) is 0 Å². The molecule has 2 N–H and O–H groups in total. The van der Waals surface area contributed by atoms with Crippen LogP contribution in [0.5, 0.6) is 11.5 Å². The standard InChI is InChI=1S/C20H19N3O5/c1-3-17(24)22-18(12-6-8-13(28-2)9-7-12)15-11-16(23(26)27)14-5-4-10-21-19(14)20(15)25/h4-11,18,25H,3H2,1-2H3,(H,22,24)/t18-/m0/s1. The van der Waals surface area contributed by atoms with E-state index in [1.807, 2.05) is 0 Å². The van der Waals surface area contributed by atoms with Crippen molar-refractivity contribution in [3.63, 3.8) is 0 Å². The van der Waals surface area contributed by atoms with Gasteiger partial charge in [-0.05, 0) is 29.8 Å². The van der Waals surface area contributed by atoms with E-state index in [9.17, 15) is 20.0 Å². The van der Waals surface area contributed by atoms with Crippen LogP contribution in [0.15, 0.2) is 48.7 Å². The van der Waals surface area contributed by atoms with E-state index in [0.29, 0.717) is 11.3 Å². The Morgan fingerprint density at radius 2 is 2.04 bits per heavy atom. The van der Waals surface area contributed by atoms with Gasteiger partial charge in [0.05, 0.1) is 23.5 Å². The number of benzene rings is 2. The van der Waals surface area contributed by atoms with Crippen molar-refractivity contribution in [1.82, 2.24) is 10.3 Å². The zero-order valence-electron chi connectivity index (χ0n) is 15.4. The number of nitro benzene ring substituents is 1. The van der Waals surface area contributed by atoms with Gasteiger partial charge in [-0.25, -0.2) is 0 Å². The molecule has 0 spiro atoms. The molecule has 0 aliphatic carbocycles. The number of methoxy groups -OCH3 is 1. The molecule has 3 rings (SSSR count). The Kier molecular flexibility index (Phi) is 5.39. The van der Waals surface area contributed by atoms with Gasteiger partial charge in [-0.3, -0.25) is 19.9 Å². The predicted molar refractivity (Wildman–Crippen MR) is 103 cm³/mol. The Hall–Kier alpha value is -3.68. The summed E-state index contributed by atoms with van der Waals surface area (Å²) in [6.45, 7) is 1.70. The monoisotopic (exact) mass is 381 g/mol. The van der Waals surface area contributed by atoms with Crippen LogP contribution in [0, 0.1) is 10.1 Å². The topological polar surface area (TPSA) is 115 Å². The van der Waals surface area contributed by atoms with Crippen molar-refractivity contribution in [2.75, 3.05) is 7.11 Å². The first-order valence-electron chi connectivity index (χ1n) is 8.64. The smallest absolute Gasteiger partial charge is 0.279 e. The van der Waals surface area contributed by atoms with Gasteiger partial charge in [0.25, 0.3) is 5.69 Å². The Morgan fingerprint density at radius 1 is 1.32 bits per heavy atom. The maximum atomic E-state index is 12.1. The van der Waals surface area contributed by atoms with Crippen LogP contribution in [0.4, 0.5) is 5.69 Å². The summed E-state index contributed by atoms with van der Waals surface area (Å²) in [6, 6.07) is 10.5. The molecule has 0 radical (unpaired) electrons. The molecule has 1 amide bonds. The van der Waals surface area contributed by atoms with Crippen molar-refractivity contribution >= 4 is 22.5 Å². The second-order valence-corrected chi connectivity index (χ2v) is 6.12. The number of aromatic nitrogens is 1. The number of fused-ring (bicyclic) bond motifs is 1. The minimum absolute atomic E-state index is 0.107. The number of phenols is 1. The molecule has 1 heterocycles. The second-order valence-electron chi connectivity index (χ2n) is 6.12. The summed E-state index contributed by atoms with van der Waals surface area (Å²) < 4.78 is 5.15. The molecular formula is C20H19N3O5. The Morgan fingerprint density at radius 3 is 2.64 bits per heavy atom. The molecule has 0 fully saturated rings. The molecule has 1 aromatic heterocycles. The van der Waals surface area contributed by atoms with Crippen molar-refractivity contribution in [3.05, 3.63) is 69.9 Å². The lowest BCUT2D eigenvalue weighted by molar-refractivity contribution is -0.383. The van der Waals surface area contributed by atoms with E-state index in [1.54, 1.807) is 37.3 Å². The average molecular weight is 381 g/mol. The molecule has 8 heteroatoms.